The number of aromatic nitrogens is 1. The van der Waals surface area contributed by atoms with Gasteiger partial charge >= 0.3 is 0 Å². The molecule has 0 bridgehead atoms. The fourth-order valence-electron chi connectivity index (χ4n) is 0.652. The van der Waals surface area contributed by atoms with Gasteiger partial charge in [0.2, 0.25) is 5.88 Å². The van der Waals surface area contributed by atoms with Crippen LogP contribution in [0.3, 0.4) is 0 Å². The maximum atomic E-state index is 9.50. The van der Waals surface area contributed by atoms with Crippen LogP contribution < -0.4 is 10.5 Å². The standard InChI is InChI=1S/C7H10N2O.CH3F/c1-10-7-3-2-6(4-8)5-9-7;1-2/h2-3,5H,4,8H2,1H3;1H3. The van der Waals surface area contributed by atoms with Gasteiger partial charge in [0.25, 0.3) is 0 Å². The van der Waals surface area contributed by atoms with Crippen LogP contribution in [0.25, 0.3) is 0 Å². The molecule has 0 amide bonds. The van der Waals surface area contributed by atoms with Gasteiger partial charge < -0.3 is 10.5 Å². The maximum absolute atomic E-state index is 9.50. The fraction of sp³-hybridized carbons (Fsp3) is 0.375. The van der Waals surface area contributed by atoms with Crippen molar-refractivity contribution in [2.24, 2.45) is 5.73 Å². The Bertz CT molecular complexity index is 178. The molecule has 0 atom stereocenters. The van der Waals surface area contributed by atoms with Gasteiger partial charge in [0.15, 0.2) is 0 Å². The van der Waals surface area contributed by atoms with Crippen LogP contribution in [0.4, 0.5) is 4.39 Å². The molecule has 68 valence electrons. The van der Waals surface area contributed by atoms with Crippen molar-refractivity contribution >= 4 is 0 Å². The first-order valence-corrected chi connectivity index (χ1v) is 3.43. The fourth-order valence-corrected chi connectivity index (χ4v) is 0.652. The van der Waals surface area contributed by atoms with Crippen molar-refractivity contribution in [3.63, 3.8) is 0 Å². The second-order valence-electron chi connectivity index (χ2n) is 1.91. The van der Waals surface area contributed by atoms with Crippen molar-refractivity contribution in [3.05, 3.63) is 23.9 Å². The van der Waals surface area contributed by atoms with E-state index in [1.165, 1.54) is 0 Å². The van der Waals surface area contributed by atoms with E-state index in [1.807, 2.05) is 6.07 Å². The number of pyridine rings is 1. The van der Waals surface area contributed by atoms with Crippen LogP contribution in [0.2, 0.25) is 0 Å². The van der Waals surface area contributed by atoms with Crippen molar-refractivity contribution in [1.82, 2.24) is 4.98 Å². The summed E-state index contributed by atoms with van der Waals surface area (Å²) in [6.45, 7) is 0.525. The Morgan fingerprint density at radius 3 is 2.50 bits per heavy atom. The average Bonchev–Trinajstić information content (AvgIpc) is 2.21. The molecule has 1 rings (SSSR count). The molecule has 0 aliphatic rings. The molecule has 4 heteroatoms. The second kappa shape index (κ2) is 6.54. The highest BCUT2D eigenvalue weighted by atomic mass is 19.1. The lowest BCUT2D eigenvalue weighted by molar-refractivity contribution is 0.397. The van der Waals surface area contributed by atoms with Crippen LogP contribution in [0.15, 0.2) is 18.3 Å². The molecule has 1 aromatic rings. The van der Waals surface area contributed by atoms with Crippen molar-refractivity contribution in [1.29, 1.82) is 0 Å². The maximum Gasteiger partial charge on any atom is 0.212 e. The SMILES string of the molecule is CF.COc1ccc(CN)cn1. The van der Waals surface area contributed by atoms with Gasteiger partial charge in [0.1, 0.15) is 0 Å². The summed E-state index contributed by atoms with van der Waals surface area (Å²) in [7, 11) is 2.09. The predicted molar refractivity (Wildman–Crippen MR) is 45.7 cm³/mol. The van der Waals surface area contributed by atoms with E-state index in [-0.39, 0.29) is 0 Å². The van der Waals surface area contributed by atoms with Gasteiger partial charge in [-0.05, 0) is 5.56 Å². The average molecular weight is 172 g/mol. The molecule has 0 aliphatic carbocycles. The summed E-state index contributed by atoms with van der Waals surface area (Å²) in [6.07, 6.45) is 1.71. The number of alkyl halides is 1. The quantitative estimate of drug-likeness (QED) is 0.727. The molecule has 0 saturated carbocycles. The Labute approximate surface area is 71.4 Å². The van der Waals surface area contributed by atoms with Gasteiger partial charge in [-0.25, -0.2) is 4.98 Å². The van der Waals surface area contributed by atoms with E-state index in [0.29, 0.717) is 19.6 Å². The zero-order valence-electron chi connectivity index (χ0n) is 7.25. The van der Waals surface area contributed by atoms with Gasteiger partial charge in [-0.1, -0.05) is 6.07 Å². The molecule has 1 heterocycles. The highest BCUT2D eigenvalue weighted by Gasteiger charge is 1.90. The normalized spacial score (nSPS) is 8.33. The third-order valence-electron chi connectivity index (χ3n) is 1.24. The second-order valence-corrected chi connectivity index (χ2v) is 1.91. The molecule has 0 unspecified atom stereocenters. The number of ether oxygens (including phenoxy) is 1. The number of rotatable bonds is 2. The Morgan fingerprint density at radius 1 is 1.50 bits per heavy atom. The number of nitrogens with zero attached hydrogens (tertiary/aromatic N) is 1. The summed E-state index contributed by atoms with van der Waals surface area (Å²) >= 11 is 0. The van der Waals surface area contributed by atoms with Crippen LogP contribution in [0.5, 0.6) is 5.88 Å². The smallest absolute Gasteiger partial charge is 0.212 e. The van der Waals surface area contributed by atoms with Gasteiger partial charge in [-0.2, -0.15) is 0 Å². The summed E-state index contributed by atoms with van der Waals surface area (Å²) in [5.74, 6) is 0.622. The van der Waals surface area contributed by atoms with Gasteiger partial charge in [0.05, 0.1) is 14.3 Å². The topological polar surface area (TPSA) is 48.1 Å². The third kappa shape index (κ3) is 3.30. The molecule has 0 radical (unpaired) electrons. The zero-order chi connectivity index (χ0) is 9.40. The number of hydrogen-bond acceptors (Lipinski definition) is 3. The van der Waals surface area contributed by atoms with E-state index in [1.54, 1.807) is 19.4 Å². The lowest BCUT2D eigenvalue weighted by Crippen LogP contribution is -1.97. The van der Waals surface area contributed by atoms with Gasteiger partial charge in [-0.15, -0.1) is 0 Å². The van der Waals surface area contributed by atoms with Gasteiger partial charge in [-0.3, -0.25) is 4.39 Å². The third-order valence-corrected chi connectivity index (χ3v) is 1.24. The van der Waals surface area contributed by atoms with Crippen LogP contribution >= 0.6 is 0 Å². The summed E-state index contributed by atoms with van der Waals surface area (Å²) in [4.78, 5) is 3.97. The molecule has 0 saturated heterocycles. The van der Waals surface area contributed by atoms with Crippen LogP contribution in [0.1, 0.15) is 5.56 Å². The number of hydrogen-bond donors (Lipinski definition) is 1. The number of nitrogens with two attached hydrogens (primary N) is 1. The van der Waals surface area contributed by atoms with Crippen LogP contribution in [-0.4, -0.2) is 19.3 Å². The zero-order valence-corrected chi connectivity index (χ0v) is 7.25. The van der Waals surface area contributed by atoms with E-state index < -0.39 is 0 Å². The lowest BCUT2D eigenvalue weighted by atomic mass is 10.3. The van der Waals surface area contributed by atoms with E-state index in [4.69, 9.17) is 10.5 Å². The van der Waals surface area contributed by atoms with E-state index in [9.17, 15) is 4.39 Å². The molecular weight excluding hydrogens is 159 g/mol. The molecule has 0 aromatic carbocycles. The monoisotopic (exact) mass is 172 g/mol. The van der Waals surface area contributed by atoms with Crippen LogP contribution in [-0.2, 0) is 6.54 Å². The first-order chi connectivity index (χ1) is 5.86. The minimum absolute atomic E-state index is 0.500. The summed E-state index contributed by atoms with van der Waals surface area (Å²) < 4.78 is 14.4. The van der Waals surface area contributed by atoms with E-state index in [0.717, 1.165) is 5.56 Å². The molecule has 0 spiro atoms. The highest BCUT2D eigenvalue weighted by Crippen LogP contribution is 2.04. The molecular formula is C8H13FN2O. The van der Waals surface area contributed by atoms with Crippen molar-refractivity contribution in [2.45, 2.75) is 6.54 Å². The molecule has 1 aromatic heterocycles. The van der Waals surface area contributed by atoms with E-state index in [2.05, 4.69) is 4.98 Å². The Balaban J connectivity index is 0.000000561. The van der Waals surface area contributed by atoms with E-state index >= 15 is 0 Å². The molecule has 0 fully saturated rings. The highest BCUT2D eigenvalue weighted by molar-refractivity contribution is 5.17. The molecule has 2 N–H and O–H groups in total. The summed E-state index contributed by atoms with van der Waals surface area (Å²) in [5.41, 5.74) is 6.38. The first-order valence-electron chi connectivity index (χ1n) is 3.43. The minimum atomic E-state index is 0.500. The van der Waals surface area contributed by atoms with Gasteiger partial charge in [0, 0.05) is 18.8 Å². The molecule has 3 nitrogen and oxygen atoms in total. The molecule has 12 heavy (non-hydrogen) atoms. The summed E-state index contributed by atoms with van der Waals surface area (Å²) in [6, 6.07) is 3.69. The first kappa shape index (κ1) is 10.8. The number of methoxy groups -OCH3 is 1. The summed E-state index contributed by atoms with van der Waals surface area (Å²) in [5, 5.41) is 0. The Morgan fingerprint density at radius 2 is 2.17 bits per heavy atom. The largest absolute Gasteiger partial charge is 0.481 e. The molecule has 0 aliphatic heterocycles. The lowest BCUT2D eigenvalue weighted by Gasteiger charge is -1.98. The minimum Gasteiger partial charge on any atom is -0.481 e. The van der Waals surface area contributed by atoms with Crippen molar-refractivity contribution in [3.8, 4) is 5.88 Å². The van der Waals surface area contributed by atoms with Crippen LogP contribution in [0, 0.1) is 0 Å². The Hall–Kier alpha value is -1.16. The van der Waals surface area contributed by atoms with Crippen molar-refractivity contribution < 1.29 is 9.13 Å². The number of halogens is 1. The predicted octanol–water partition coefficient (Wildman–Crippen LogP) is 1.13. The van der Waals surface area contributed by atoms with Crippen molar-refractivity contribution in [2.75, 3.05) is 14.3 Å². The Kier molecular flexibility index (Phi) is 5.91.